The summed E-state index contributed by atoms with van der Waals surface area (Å²) in [6, 6.07) is 2.31. The second kappa shape index (κ2) is 8.64. The lowest BCUT2D eigenvalue weighted by Crippen LogP contribution is -2.53. The molecule has 0 N–H and O–H groups in total. The van der Waals surface area contributed by atoms with E-state index in [1.807, 2.05) is 6.08 Å². The second-order valence-electron chi connectivity index (χ2n) is 12.8. The van der Waals surface area contributed by atoms with Gasteiger partial charge < -0.3 is 0 Å². The van der Waals surface area contributed by atoms with Crippen LogP contribution in [0.4, 0.5) is 0 Å². The molecule has 0 radical (unpaired) electrons. The lowest BCUT2D eigenvalue weighted by molar-refractivity contribution is -0.109. The Labute approximate surface area is 187 Å². The second-order valence-corrected chi connectivity index (χ2v) is 12.8. The van der Waals surface area contributed by atoms with Gasteiger partial charge in [-0.2, -0.15) is 5.26 Å². The van der Waals surface area contributed by atoms with Gasteiger partial charge in [0, 0.05) is 6.08 Å². The van der Waals surface area contributed by atoms with Crippen molar-refractivity contribution in [2.45, 2.75) is 112 Å². The van der Waals surface area contributed by atoms with Crippen molar-refractivity contribution in [3.05, 3.63) is 11.6 Å². The number of nitriles is 1. The Kier molecular flexibility index (Phi) is 6.46. The molecular formula is C29H47N. The SMILES string of the molecule is CC(C)CCC[C@@H](C)[C@H]1CC[C@H]2[C@@H]3CC[C@H]4C/C(=C/C#N)CC[C@]4(C)[C@H]3CC[C@]12C. The van der Waals surface area contributed by atoms with Gasteiger partial charge in [-0.15, -0.1) is 0 Å². The van der Waals surface area contributed by atoms with Crippen LogP contribution in [-0.4, -0.2) is 0 Å². The van der Waals surface area contributed by atoms with Crippen LogP contribution in [0.2, 0.25) is 0 Å². The summed E-state index contributed by atoms with van der Waals surface area (Å²) in [5, 5.41) is 9.12. The van der Waals surface area contributed by atoms with E-state index in [4.69, 9.17) is 5.26 Å². The van der Waals surface area contributed by atoms with Gasteiger partial charge in [-0.3, -0.25) is 0 Å². The highest BCUT2D eigenvalue weighted by Gasteiger charge is 2.60. The summed E-state index contributed by atoms with van der Waals surface area (Å²) >= 11 is 0. The first kappa shape index (κ1) is 22.4. The quantitative estimate of drug-likeness (QED) is 0.417. The van der Waals surface area contributed by atoms with E-state index >= 15 is 0 Å². The summed E-state index contributed by atoms with van der Waals surface area (Å²) < 4.78 is 0. The fourth-order valence-corrected chi connectivity index (χ4v) is 9.36. The van der Waals surface area contributed by atoms with E-state index < -0.39 is 0 Å². The molecule has 4 rings (SSSR count). The van der Waals surface area contributed by atoms with Crippen molar-refractivity contribution in [2.24, 2.45) is 52.3 Å². The van der Waals surface area contributed by atoms with Crippen molar-refractivity contribution < 1.29 is 0 Å². The zero-order chi connectivity index (χ0) is 21.5. The van der Waals surface area contributed by atoms with Crippen molar-refractivity contribution in [1.29, 1.82) is 5.26 Å². The first-order valence-corrected chi connectivity index (χ1v) is 13.4. The zero-order valence-corrected chi connectivity index (χ0v) is 20.6. The average Bonchev–Trinajstić information content (AvgIpc) is 3.05. The van der Waals surface area contributed by atoms with Crippen molar-refractivity contribution in [2.75, 3.05) is 0 Å². The smallest absolute Gasteiger partial charge is 0.0911 e. The number of fused-ring (bicyclic) bond motifs is 5. The molecule has 1 nitrogen and oxygen atoms in total. The van der Waals surface area contributed by atoms with Crippen LogP contribution >= 0.6 is 0 Å². The molecule has 0 aromatic rings. The molecule has 8 atom stereocenters. The molecule has 168 valence electrons. The van der Waals surface area contributed by atoms with Gasteiger partial charge >= 0.3 is 0 Å². The van der Waals surface area contributed by atoms with Gasteiger partial charge in [0.05, 0.1) is 6.07 Å². The molecule has 0 aliphatic heterocycles. The van der Waals surface area contributed by atoms with Crippen LogP contribution in [0.3, 0.4) is 0 Å². The van der Waals surface area contributed by atoms with Crippen molar-refractivity contribution in [1.82, 2.24) is 0 Å². The van der Waals surface area contributed by atoms with E-state index in [9.17, 15) is 0 Å². The minimum absolute atomic E-state index is 0.540. The number of allylic oxidation sites excluding steroid dienone is 2. The molecule has 30 heavy (non-hydrogen) atoms. The highest BCUT2D eigenvalue weighted by molar-refractivity contribution is 5.20. The highest BCUT2D eigenvalue weighted by atomic mass is 14.6. The largest absolute Gasteiger partial charge is 0.193 e. The maximum atomic E-state index is 9.12. The van der Waals surface area contributed by atoms with Crippen molar-refractivity contribution in [3.63, 3.8) is 0 Å². The van der Waals surface area contributed by atoms with Gasteiger partial charge in [0.15, 0.2) is 0 Å². The van der Waals surface area contributed by atoms with Gasteiger partial charge in [0.2, 0.25) is 0 Å². The van der Waals surface area contributed by atoms with Gasteiger partial charge in [-0.05, 0) is 110 Å². The molecule has 1 heteroatoms. The zero-order valence-electron chi connectivity index (χ0n) is 20.6. The van der Waals surface area contributed by atoms with E-state index in [-0.39, 0.29) is 0 Å². The third kappa shape index (κ3) is 3.80. The Morgan fingerprint density at radius 1 is 0.967 bits per heavy atom. The number of rotatable bonds is 5. The Balaban J connectivity index is 1.46. The van der Waals surface area contributed by atoms with Crippen LogP contribution in [0.1, 0.15) is 112 Å². The van der Waals surface area contributed by atoms with E-state index in [0.29, 0.717) is 10.8 Å². The van der Waals surface area contributed by atoms with Crippen LogP contribution in [0.5, 0.6) is 0 Å². The van der Waals surface area contributed by atoms with E-state index in [1.54, 1.807) is 0 Å². The molecule has 0 spiro atoms. The molecule has 4 aliphatic carbocycles. The van der Waals surface area contributed by atoms with Crippen LogP contribution in [0, 0.1) is 63.6 Å². The van der Waals surface area contributed by atoms with Crippen LogP contribution in [-0.2, 0) is 0 Å². The summed E-state index contributed by atoms with van der Waals surface area (Å²) in [7, 11) is 0. The van der Waals surface area contributed by atoms with Crippen molar-refractivity contribution in [3.8, 4) is 6.07 Å². The normalized spacial score (nSPS) is 45.5. The van der Waals surface area contributed by atoms with Gasteiger partial charge in [-0.25, -0.2) is 0 Å². The Hall–Kier alpha value is -0.770. The molecule has 0 aromatic carbocycles. The molecule has 0 saturated heterocycles. The summed E-state index contributed by atoms with van der Waals surface area (Å²) in [6.07, 6.45) is 18.8. The third-order valence-corrected chi connectivity index (χ3v) is 11.0. The maximum Gasteiger partial charge on any atom is 0.0911 e. The third-order valence-electron chi connectivity index (χ3n) is 11.0. The van der Waals surface area contributed by atoms with Gasteiger partial charge in [-0.1, -0.05) is 59.5 Å². The molecule has 0 aromatic heterocycles. The van der Waals surface area contributed by atoms with Gasteiger partial charge in [0.1, 0.15) is 0 Å². The van der Waals surface area contributed by atoms with E-state index in [2.05, 4.69) is 40.7 Å². The fourth-order valence-electron chi connectivity index (χ4n) is 9.36. The summed E-state index contributed by atoms with van der Waals surface area (Å²) in [4.78, 5) is 0. The van der Waals surface area contributed by atoms with E-state index in [0.717, 1.165) is 41.4 Å². The lowest BCUT2D eigenvalue weighted by atomic mass is 9.44. The summed E-state index contributed by atoms with van der Waals surface area (Å²) in [6.45, 7) is 12.7. The summed E-state index contributed by atoms with van der Waals surface area (Å²) in [5.74, 6) is 6.50. The van der Waals surface area contributed by atoms with Crippen LogP contribution < -0.4 is 0 Å². The molecule has 0 unspecified atom stereocenters. The summed E-state index contributed by atoms with van der Waals surface area (Å²) in [5.41, 5.74) is 2.59. The molecule has 0 bridgehead atoms. The number of nitrogens with zero attached hydrogens (tertiary/aromatic N) is 1. The van der Waals surface area contributed by atoms with Crippen LogP contribution in [0.25, 0.3) is 0 Å². The molecular weight excluding hydrogens is 362 g/mol. The Morgan fingerprint density at radius 3 is 2.47 bits per heavy atom. The Morgan fingerprint density at radius 2 is 1.73 bits per heavy atom. The lowest BCUT2D eigenvalue weighted by Gasteiger charge is -2.61. The standard InChI is InChI=1S/C29H47N/c1-20(2)7-6-8-21(3)25-11-12-26-24-10-9-23-19-22(15-18-30)13-16-28(23,4)27(24)14-17-29(25,26)5/h15,20-21,23-27H,6-14,16-17,19H2,1-5H3/b22-15+/t21-,23+,24+,25-,26+,27+,28+,29-/m1/s1. The number of hydrogen-bond donors (Lipinski definition) is 0. The predicted octanol–water partition coefficient (Wildman–Crippen LogP) is 8.56. The van der Waals surface area contributed by atoms with Crippen molar-refractivity contribution >= 4 is 0 Å². The van der Waals surface area contributed by atoms with Crippen LogP contribution in [0.15, 0.2) is 11.6 Å². The minimum atomic E-state index is 0.540. The molecule has 0 heterocycles. The molecule has 0 amide bonds. The fraction of sp³-hybridized carbons (Fsp3) is 0.897. The molecule has 4 fully saturated rings. The highest BCUT2D eigenvalue weighted by Crippen LogP contribution is 2.68. The first-order chi connectivity index (χ1) is 14.3. The average molecular weight is 410 g/mol. The topological polar surface area (TPSA) is 23.8 Å². The molecule has 4 saturated carbocycles. The monoisotopic (exact) mass is 409 g/mol. The van der Waals surface area contributed by atoms with Gasteiger partial charge in [0.25, 0.3) is 0 Å². The minimum Gasteiger partial charge on any atom is -0.193 e. The number of hydrogen-bond acceptors (Lipinski definition) is 1. The maximum absolute atomic E-state index is 9.12. The predicted molar refractivity (Wildman–Crippen MR) is 127 cm³/mol. The van der Waals surface area contributed by atoms with E-state index in [1.165, 1.54) is 82.6 Å². The molecule has 4 aliphatic rings. The Bertz CT molecular complexity index is 683. The first-order valence-electron chi connectivity index (χ1n) is 13.4.